The molecule has 74 valence electrons. The molecule has 0 bridgehead atoms. The van der Waals surface area contributed by atoms with Crippen molar-refractivity contribution in [2.75, 3.05) is 11.4 Å². The number of carbonyl (C=O) groups excluding carboxylic acids is 1. The lowest BCUT2D eigenvalue weighted by molar-refractivity contribution is -0.116. The molecular weight excluding hydrogens is 244 g/mol. The van der Waals surface area contributed by atoms with Crippen molar-refractivity contribution in [1.29, 1.82) is 0 Å². The van der Waals surface area contributed by atoms with Crippen LogP contribution in [-0.4, -0.2) is 17.4 Å². The van der Waals surface area contributed by atoms with E-state index in [0.29, 0.717) is 0 Å². The van der Waals surface area contributed by atoms with Crippen molar-refractivity contribution in [3.05, 3.63) is 22.3 Å². The first-order chi connectivity index (χ1) is 6.68. The maximum atomic E-state index is 11.3. The molecule has 3 nitrogen and oxygen atoms in total. The van der Waals surface area contributed by atoms with Crippen LogP contribution in [0.25, 0.3) is 0 Å². The van der Waals surface area contributed by atoms with Crippen LogP contribution in [0.3, 0.4) is 0 Å². The number of aromatic nitrogens is 1. The van der Waals surface area contributed by atoms with Gasteiger partial charge in [-0.2, -0.15) is 0 Å². The number of pyridine rings is 1. The summed E-state index contributed by atoms with van der Waals surface area (Å²) in [6.07, 6.45) is 2.04. The normalized spacial score (nSPS) is 15.1. The zero-order chi connectivity index (χ0) is 10.1. The Bertz CT molecular complexity index is 378. The minimum atomic E-state index is 0.0663. The maximum absolute atomic E-state index is 11.3. The quantitative estimate of drug-likeness (QED) is 0.665. The molecular formula is C10H11BrN2O. The van der Waals surface area contributed by atoms with Crippen LogP contribution >= 0.6 is 15.9 Å². The van der Waals surface area contributed by atoms with Gasteiger partial charge in [0.2, 0.25) is 5.91 Å². The van der Waals surface area contributed by atoms with Crippen LogP contribution in [0.1, 0.15) is 18.9 Å². The summed E-state index contributed by atoms with van der Waals surface area (Å²) in [4.78, 5) is 17.4. The number of carbonyl (C=O) groups is 1. The van der Waals surface area contributed by atoms with E-state index in [2.05, 4.69) is 20.9 Å². The second-order valence-electron chi connectivity index (χ2n) is 3.39. The Labute approximate surface area is 91.3 Å². The van der Waals surface area contributed by atoms with E-state index in [-0.39, 0.29) is 5.91 Å². The molecule has 0 aliphatic carbocycles. The van der Waals surface area contributed by atoms with Gasteiger partial charge < -0.3 is 0 Å². The molecule has 2 heterocycles. The fraction of sp³-hybridized carbons (Fsp3) is 0.400. The summed E-state index contributed by atoms with van der Waals surface area (Å²) in [5, 5.41) is 0. The number of aryl methyl sites for hydroxylation is 1. The number of amides is 1. The molecule has 0 fully saturated rings. The van der Waals surface area contributed by atoms with Gasteiger partial charge in [-0.1, -0.05) is 6.07 Å². The minimum Gasteiger partial charge on any atom is -0.297 e. The van der Waals surface area contributed by atoms with E-state index in [1.807, 2.05) is 12.1 Å². The fourth-order valence-electron chi connectivity index (χ4n) is 1.72. The maximum Gasteiger partial charge on any atom is 0.225 e. The zero-order valence-corrected chi connectivity index (χ0v) is 9.54. The molecule has 14 heavy (non-hydrogen) atoms. The molecule has 0 radical (unpaired) electrons. The Morgan fingerprint density at radius 3 is 3.07 bits per heavy atom. The fourth-order valence-corrected chi connectivity index (χ4v) is 2.02. The third-order valence-corrected chi connectivity index (χ3v) is 2.83. The van der Waals surface area contributed by atoms with Gasteiger partial charge in [-0.25, -0.2) is 4.98 Å². The van der Waals surface area contributed by atoms with E-state index in [9.17, 15) is 4.79 Å². The average Bonchev–Trinajstić information content (AvgIpc) is 2.16. The third kappa shape index (κ3) is 1.66. The standard InChI is InChI=1S/C10H11BrN2O/c1-7(14)13-6-2-3-8-4-5-9(11)12-10(8)13/h4-5H,2-3,6H2,1H3. The second-order valence-corrected chi connectivity index (χ2v) is 4.20. The molecule has 0 unspecified atom stereocenters. The van der Waals surface area contributed by atoms with E-state index >= 15 is 0 Å². The van der Waals surface area contributed by atoms with E-state index in [1.165, 1.54) is 0 Å². The summed E-state index contributed by atoms with van der Waals surface area (Å²) in [7, 11) is 0. The summed E-state index contributed by atoms with van der Waals surface area (Å²) in [6, 6.07) is 3.95. The molecule has 0 saturated carbocycles. The topological polar surface area (TPSA) is 33.2 Å². The molecule has 0 saturated heterocycles. The van der Waals surface area contributed by atoms with Gasteiger partial charge in [0.1, 0.15) is 10.4 Å². The highest BCUT2D eigenvalue weighted by Crippen LogP contribution is 2.26. The van der Waals surface area contributed by atoms with E-state index in [1.54, 1.807) is 11.8 Å². The Hall–Kier alpha value is -0.900. The summed E-state index contributed by atoms with van der Waals surface area (Å²) >= 11 is 3.32. The van der Waals surface area contributed by atoms with Gasteiger partial charge in [0.25, 0.3) is 0 Å². The molecule has 0 N–H and O–H groups in total. The predicted octanol–water partition coefficient (Wildman–Crippen LogP) is 2.14. The molecule has 1 aromatic heterocycles. The highest BCUT2D eigenvalue weighted by molar-refractivity contribution is 9.10. The summed E-state index contributed by atoms with van der Waals surface area (Å²) < 4.78 is 0.782. The zero-order valence-electron chi connectivity index (χ0n) is 7.96. The van der Waals surface area contributed by atoms with Crippen molar-refractivity contribution >= 4 is 27.7 Å². The van der Waals surface area contributed by atoms with Crippen molar-refractivity contribution < 1.29 is 4.79 Å². The van der Waals surface area contributed by atoms with Gasteiger partial charge in [0, 0.05) is 13.5 Å². The van der Waals surface area contributed by atoms with Crippen molar-refractivity contribution in [2.24, 2.45) is 0 Å². The predicted molar refractivity (Wildman–Crippen MR) is 58.3 cm³/mol. The van der Waals surface area contributed by atoms with Crippen LogP contribution < -0.4 is 4.90 Å². The van der Waals surface area contributed by atoms with Crippen molar-refractivity contribution in [1.82, 2.24) is 4.98 Å². The Morgan fingerprint density at radius 2 is 2.36 bits per heavy atom. The van der Waals surface area contributed by atoms with Crippen LogP contribution in [0.15, 0.2) is 16.7 Å². The molecule has 1 aliphatic heterocycles. The van der Waals surface area contributed by atoms with Crippen LogP contribution in [0.5, 0.6) is 0 Å². The molecule has 0 aromatic carbocycles. The Balaban J connectivity index is 2.46. The van der Waals surface area contributed by atoms with E-state index in [4.69, 9.17) is 0 Å². The summed E-state index contributed by atoms with van der Waals surface area (Å²) in [6.45, 7) is 2.36. The molecule has 1 aliphatic rings. The van der Waals surface area contributed by atoms with Gasteiger partial charge in [-0.05, 0) is 40.4 Å². The smallest absolute Gasteiger partial charge is 0.225 e. The lowest BCUT2D eigenvalue weighted by Gasteiger charge is -2.27. The van der Waals surface area contributed by atoms with Gasteiger partial charge in [0.15, 0.2) is 0 Å². The largest absolute Gasteiger partial charge is 0.297 e. The number of halogens is 1. The van der Waals surface area contributed by atoms with Gasteiger partial charge in [-0.3, -0.25) is 9.69 Å². The SMILES string of the molecule is CC(=O)N1CCCc2ccc(Br)nc21. The number of hydrogen-bond acceptors (Lipinski definition) is 2. The highest BCUT2D eigenvalue weighted by Gasteiger charge is 2.21. The van der Waals surface area contributed by atoms with Crippen LogP contribution in [0, 0.1) is 0 Å². The molecule has 1 aromatic rings. The Kier molecular flexibility index (Phi) is 2.54. The molecule has 2 rings (SSSR count). The molecule has 0 spiro atoms. The molecule has 4 heteroatoms. The van der Waals surface area contributed by atoms with E-state index < -0.39 is 0 Å². The van der Waals surface area contributed by atoms with Crippen molar-refractivity contribution in [3.63, 3.8) is 0 Å². The number of nitrogens with zero attached hydrogens (tertiary/aromatic N) is 2. The summed E-state index contributed by atoms with van der Waals surface area (Å²) in [5.41, 5.74) is 1.16. The lowest BCUT2D eigenvalue weighted by Crippen LogP contribution is -2.34. The first kappa shape index (κ1) is 9.65. The molecule has 1 amide bonds. The number of anilines is 1. The number of fused-ring (bicyclic) bond motifs is 1. The number of hydrogen-bond donors (Lipinski definition) is 0. The second kappa shape index (κ2) is 3.69. The highest BCUT2D eigenvalue weighted by atomic mass is 79.9. The van der Waals surface area contributed by atoms with Crippen molar-refractivity contribution in [3.8, 4) is 0 Å². The first-order valence-electron chi connectivity index (χ1n) is 4.62. The average molecular weight is 255 g/mol. The monoisotopic (exact) mass is 254 g/mol. The molecule has 0 atom stereocenters. The van der Waals surface area contributed by atoms with E-state index in [0.717, 1.165) is 35.4 Å². The summed E-state index contributed by atoms with van der Waals surface area (Å²) in [5.74, 6) is 0.884. The van der Waals surface area contributed by atoms with Gasteiger partial charge in [0.05, 0.1) is 0 Å². The minimum absolute atomic E-state index is 0.0663. The first-order valence-corrected chi connectivity index (χ1v) is 5.41. The number of rotatable bonds is 0. The van der Waals surface area contributed by atoms with Gasteiger partial charge in [-0.15, -0.1) is 0 Å². The van der Waals surface area contributed by atoms with Crippen LogP contribution in [0.2, 0.25) is 0 Å². The third-order valence-electron chi connectivity index (χ3n) is 2.39. The van der Waals surface area contributed by atoms with Crippen molar-refractivity contribution in [2.45, 2.75) is 19.8 Å². The lowest BCUT2D eigenvalue weighted by atomic mass is 10.1. The van der Waals surface area contributed by atoms with Crippen LogP contribution in [-0.2, 0) is 11.2 Å². The van der Waals surface area contributed by atoms with Gasteiger partial charge >= 0.3 is 0 Å². The van der Waals surface area contributed by atoms with Crippen LogP contribution in [0.4, 0.5) is 5.82 Å². The Morgan fingerprint density at radius 1 is 1.57 bits per heavy atom.